The number of nitrogens with zero attached hydrogens (tertiary/aromatic N) is 3. The van der Waals surface area contributed by atoms with E-state index in [0.29, 0.717) is 30.8 Å². The smallest absolute Gasteiger partial charge is 0.289 e. The topological polar surface area (TPSA) is 84.4 Å². The number of likely N-dealkylation sites (tertiary alicyclic amines) is 1. The summed E-state index contributed by atoms with van der Waals surface area (Å²) in [4.78, 5) is 18.9. The number of rotatable bonds is 6. The predicted octanol–water partition coefficient (Wildman–Crippen LogP) is 2.40. The molecule has 1 amide bonds. The van der Waals surface area contributed by atoms with Crippen LogP contribution in [0, 0.1) is 0 Å². The minimum atomic E-state index is -0.0350. The van der Waals surface area contributed by atoms with Gasteiger partial charge in [0.15, 0.2) is 11.6 Å². The molecule has 1 aliphatic rings. The van der Waals surface area contributed by atoms with Crippen molar-refractivity contribution in [2.24, 2.45) is 0 Å². The van der Waals surface area contributed by atoms with Crippen LogP contribution in [0.5, 0.6) is 0 Å². The van der Waals surface area contributed by atoms with Crippen molar-refractivity contribution in [1.29, 1.82) is 0 Å². The van der Waals surface area contributed by atoms with E-state index in [-0.39, 0.29) is 11.8 Å². The average Bonchev–Trinajstić information content (AvgIpc) is 3.30. The van der Waals surface area contributed by atoms with Gasteiger partial charge in [0.1, 0.15) is 5.76 Å². The van der Waals surface area contributed by atoms with E-state index in [1.54, 1.807) is 6.07 Å². The maximum atomic E-state index is 12.5. The van der Waals surface area contributed by atoms with Gasteiger partial charge in [-0.25, -0.2) is 0 Å². The molecule has 7 heteroatoms. The summed E-state index contributed by atoms with van der Waals surface area (Å²) in [5.41, 5.74) is 0. The highest BCUT2D eigenvalue weighted by Crippen LogP contribution is 2.28. The van der Waals surface area contributed by atoms with Crippen molar-refractivity contribution in [3.05, 3.63) is 35.4 Å². The number of nitrogens with one attached hydrogen (secondary N) is 1. The highest BCUT2D eigenvalue weighted by atomic mass is 16.5. The molecule has 0 aliphatic carbocycles. The average molecular weight is 346 g/mol. The molecule has 0 bridgehead atoms. The first kappa shape index (κ1) is 17.7. The fraction of sp³-hybridized carbons (Fsp3) is 0.611. The lowest BCUT2D eigenvalue weighted by molar-refractivity contribution is 0.0670. The summed E-state index contributed by atoms with van der Waals surface area (Å²) in [5, 5.41) is 7.24. The summed E-state index contributed by atoms with van der Waals surface area (Å²) >= 11 is 0. The molecule has 2 aromatic rings. The molecule has 3 heterocycles. The van der Waals surface area contributed by atoms with Gasteiger partial charge < -0.3 is 19.2 Å². The molecule has 1 unspecified atom stereocenters. The molecule has 0 spiro atoms. The maximum absolute atomic E-state index is 12.5. The fourth-order valence-electron chi connectivity index (χ4n) is 3.06. The summed E-state index contributed by atoms with van der Waals surface area (Å²) in [7, 11) is 1.92. The Kier molecular flexibility index (Phi) is 5.53. The third kappa shape index (κ3) is 4.10. The second-order valence-corrected chi connectivity index (χ2v) is 6.63. The first-order valence-corrected chi connectivity index (χ1v) is 8.98. The van der Waals surface area contributed by atoms with Gasteiger partial charge in [0, 0.05) is 37.9 Å². The van der Waals surface area contributed by atoms with Crippen LogP contribution in [0.15, 0.2) is 21.1 Å². The molecule has 1 N–H and O–H groups in total. The molecule has 1 aliphatic heterocycles. The zero-order valence-electron chi connectivity index (χ0n) is 15.1. The van der Waals surface area contributed by atoms with Gasteiger partial charge in [-0.1, -0.05) is 12.1 Å². The van der Waals surface area contributed by atoms with E-state index in [1.807, 2.05) is 24.9 Å². The Labute approximate surface area is 147 Å². The summed E-state index contributed by atoms with van der Waals surface area (Å²) in [6.45, 7) is 5.44. The van der Waals surface area contributed by atoms with Crippen LogP contribution in [0.2, 0.25) is 0 Å². The minimum absolute atomic E-state index is 0.0350. The van der Waals surface area contributed by atoms with Gasteiger partial charge in [-0.05, 0) is 38.9 Å². The quantitative estimate of drug-likeness (QED) is 0.864. The molecule has 0 radical (unpaired) electrons. The van der Waals surface area contributed by atoms with Crippen molar-refractivity contribution in [3.8, 4) is 0 Å². The Hall–Kier alpha value is -2.15. The highest BCUT2D eigenvalue weighted by molar-refractivity contribution is 5.91. The van der Waals surface area contributed by atoms with E-state index >= 15 is 0 Å². The van der Waals surface area contributed by atoms with E-state index in [2.05, 4.69) is 22.4 Å². The number of hydrogen-bond donors (Lipinski definition) is 1. The van der Waals surface area contributed by atoms with Crippen LogP contribution in [0.3, 0.4) is 0 Å². The number of piperidine rings is 1. The van der Waals surface area contributed by atoms with Crippen molar-refractivity contribution in [1.82, 2.24) is 20.4 Å². The number of aryl methyl sites for hydroxylation is 1. The Balaban J connectivity index is 1.55. The van der Waals surface area contributed by atoms with Gasteiger partial charge in [-0.3, -0.25) is 4.79 Å². The zero-order chi connectivity index (χ0) is 17.8. The molecule has 0 saturated carbocycles. The van der Waals surface area contributed by atoms with Crippen molar-refractivity contribution in [2.75, 3.05) is 20.1 Å². The van der Waals surface area contributed by atoms with E-state index in [4.69, 9.17) is 8.94 Å². The van der Waals surface area contributed by atoms with Crippen LogP contribution >= 0.6 is 0 Å². The lowest BCUT2D eigenvalue weighted by Gasteiger charge is -2.29. The summed E-state index contributed by atoms with van der Waals surface area (Å²) in [5.74, 6) is 2.88. The normalized spacial score (nSPS) is 17.0. The van der Waals surface area contributed by atoms with Gasteiger partial charge >= 0.3 is 0 Å². The van der Waals surface area contributed by atoms with Crippen molar-refractivity contribution in [3.63, 3.8) is 0 Å². The van der Waals surface area contributed by atoms with Crippen LogP contribution in [0.4, 0.5) is 0 Å². The van der Waals surface area contributed by atoms with E-state index in [9.17, 15) is 4.79 Å². The van der Waals surface area contributed by atoms with Crippen molar-refractivity contribution >= 4 is 5.91 Å². The molecule has 7 nitrogen and oxygen atoms in total. The van der Waals surface area contributed by atoms with E-state index in [0.717, 1.165) is 37.3 Å². The van der Waals surface area contributed by atoms with Crippen LogP contribution in [0.25, 0.3) is 0 Å². The van der Waals surface area contributed by atoms with Crippen LogP contribution in [0.1, 0.15) is 60.6 Å². The molecular weight excluding hydrogens is 320 g/mol. The first-order chi connectivity index (χ1) is 12.1. The second-order valence-electron chi connectivity index (χ2n) is 6.63. The maximum Gasteiger partial charge on any atom is 0.289 e. The molecule has 2 aromatic heterocycles. The number of likely N-dealkylation sites (N-methyl/N-ethyl adjacent to an activating group) is 1. The largest absolute Gasteiger partial charge is 0.456 e. The number of carbonyl (C=O) groups excluding carboxylic acids is 1. The molecule has 25 heavy (non-hydrogen) atoms. The summed E-state index contributed by atoms with van der Waals surface area (Å²) < 4.78 is 11.0. The SMILES string of the molecule is CCc1ccc(C(=O)N2CCC(c3nc(CC(C)NC)no3)CC2)o1. The molecule has 0 aromatic carbocycles. The van der Waals surface area contributed by atoms with Gasteiger partial charge in [0.25, 0.3) is 5.91 Å². The molecule has 3 rings (SSSR count). The van der Waals surface area contributed by atoms with Gasteiger partial charge in [0.05, 0.1) is 0 Å². The Morgan fingerprint density at radius 3 is 2.80 bits per heavy atom. The predicted molar refractivity (Wildman–Crippen MR) is 92.5 cm³/mol. The van der Waals surface area contributed by atoms with Crippen LogP contribution in [-0.2, 0) is 12.8 Å². The Bertz CT molecular complexity index is 701. The van der Waals surface area contributed by atoms with Crippen molar-refractivity contribution < 1.29 is 13.7 Å². The number of aromatic nitrogens is 2. The number of amides is 1. The second kappa shape index (κ2) is 7.82. The van der Waals surface area contributed by atoms with Crippen LogP contribution < -0.4 is 5.32 Å². The van der Waals surface area contributed by atoms with Gasteiger partial charge in [-0.2, -0.15) is 4.98 Å². The lowest BCUT2D eigenvalue weighted by Crippen LogP contribution is -2.37. The Morgan fingerprint density at radius 1 is 1.40 bits per heavy atom. The molecular formula is C18H26N4O3. The van der Waals surface area contributed by atoms with E-state index < -0.39 is 0 Å². The van der Waals surface area contributed by atoms with Gasteiger partial charge in [0.2, 0.25) is 5.89 Å². The standard InChI is InChI=1S/C18H26N4O3/c1-4-14-5-6-15(24-14)18(23)22-9-7-13(8-10-22)17-20-16(21-25-17)11-12(2)19-3/h5-6,12-13,19H,4,7-11H2,1-3H3. The van der Waals surface area contributed by atoms with Crippen LogP contribution in [-0.4, -0.2) is 47.1 Å². The monoisotopic (exact) mass is 346 g/mol. The lowest BCUT2D eigenvalue weighted by atomic mass is 9.96. The summed E-state index contributed by atoms with van der Waals surface area (Å²) in [6, 6.07) is 3.94. The summed E-state index contributed by atoms with van der Waals surface area (Å²) in [6.07, 6.45) is 3.20. The zero-order valence-corrected chi connectivity index (χ0v) is 15.1. The minimum Gasteiger partial charge on any atom is -0.456 e. The van der Waals surface area contributed by atoms with Gasteiger partial charge in [-0.15, -0.1) is 0 Å². The Morgan fingerprint density at radius 2 is 2.16 bits per heavy atom. The third-order valence-electron chi connectivity index (χ3n) is 4.82. The van der Waals surface area contributed by atoms with E-state index in [1.165, 1.54) is 0 Å². The molecule has 1 fully saturated rings. The van der Waals surface area contributed by atoms with Crippen molar-refractivity contribution in [2.45, 2.75) is 51.5 Å². The first-order valence-electron chi connectivity index (χ1n) is 8.98. The fourth-order valence-corrected chi connectivity index (χ4v) is 3.06. The molecule has 1 atom stereocenters. The molecule has 136 valence electrons. The third-order valence-corrected chi connectivity index (χ3v) is 4.82. The number of furan rings is 1. The number of carbonyl (C=O) groups is 1. The number of hydrogen-bond acceptors (Lipinski definition) is 6. The molecule has 1 saturated heterocycles. The highest BCUT2D eigenvalue weighted by Gasteiger charge is 2.29.